The second kappa shape index (κ2) is 8.52. The van der Waals surface area contributed by atoms with Crippen molar-refractivity contribution < 1.29 is 9.59 Å². The van der Waals surface area contributed by atoms with Crippen LogP contribution in [-0.4, -0.2) is 29.9 Å². The van der Waals surface area contributed by atoms with Gasteiger partial charge in [-0.15, -0.1) is 0 Å². The quantitative estimate of drug-likeness (QED) is 0.845. The van der Waals surface area contributed by atoms with Crippen LogP contribution in [0.3, 0.4) is 0 Å². The van der Waals surface area contributed by atoms with Crippen LogP contribution in [0.4, 0.5) is 16.2 Å². The van der Waals surface area contributed by atoms with Crippen LogP contribution in [0.2, 0.25) is 0 Å². The van der Waals surface area contributed by atoms with Gasteiger partial charge in [0.1, 0.15) is 0 Å². The molecule has 0 radical (unpaired) electrons. The molecule has 1 saturated heterocycles. The van der Waals surface area contributed by atoms with Crippen molar-refractivity contribution in [1.29, 1.82) is 0 Å². The molecule has 2 N–H and O–H groups in total. The fourth-order valence-corrected chi connectivity index (χ4v) is 3.09. The summed E-state index contributed by atoms with van der Waals surface area (Å²) in [6.07, 6.45) is 4.45. The number of carbonyl (C=O) groups excluding carboxylic acids is 2. The molecular weight excluding hydrogens is 326 g/mol. The predicted octanol–water partition coefficient (Wildman–Crippen LogP) is 4.66. The number of hydrogen-bond donors (Lipinski definition) is 2. The maximum Gasteiger partial charge on any atom is 0.321 e. The van der Waals surface area contributed by atoms with E-state index in [1.807, 2.05) is 48.2 Å². The number of nitrogens with zero attached hydrogens (tertiary/aromatic N) is 1. The smallest absolute Gasteiger partial charge is 0.321 e. The van der Waals surface area contributed by atoms with Gasteiger partial charge in [-0.1, -0.05) is 37.1 Å². The molecule has 0 atom stereocenters. The monoisotopic (exact) mass is 351 g/mol. The average molecular weight is 351 g/mol. The summed E-state index contributed by atoms with van der Waals surface area (Å²) in [7, 11) is 0. The number of anilines is 2. The number of carbonyl (C=O) groups is 2. The van der Waals surface area contributed by atoms with Crippen LogP contribution in [0.1, 0.15) is 41.6 Å². The molecule has 0 unspecified atom stereocenters. The number of aryl methyl sites for hydroxylation is 1. The lowest BCUT2D eigenvalue weighted by atomic mass is 10.1. The van der Waals surface area contributed by atoms with Crippen LogP contribution in [-0.2, 0) is 0 Å². The van der Waals surface area contributed by atoms with E-state index in [9.17, 15) is 9.59 Å². The van der Waals surface area contributed by atoms with E-state index in [0.717, 1.165) is 37.2 Å². The Morgan fingerprint density at radius 2 is 1.58 bits per heavy atom. The molecule has 1 fully saturated rings. The maximum absolute atomic E-state index is 12.6. The van der Waals surface area contributed by atoms with Crippen molar-refractivity contribution >= 4 is 23.3 Å². The molecule has 5 heteroatoms. The third kappa shape index (κ3) is 4.63. The van der Waals surface area contributed by atoms with E-state index in [0.29, 0.717) is 11.3 Å². The Balaban J connectivity index is 1.70. The summed E-state index contributed by atoms with van der Waals surface area (Å²) >= 11 is 0. The van der Waals surface area contributed by atoms with Gasteiger partial charge >= 0.3 is 6.03 Å². The van der Waals surface area contributed by atoms with Crippen molar-refractivity contribution in [2.24, 2.45) is 0 Å². The molecule has 1 aliphatic rings. The number of para-hydroxylation sites is 1. The minimum atomic E-state index is -0.193. The van der Waals surface area contributed by atoms with Crippen LogP contribution < -0.4 is 10.6 Å². The first-order valence-corrected chi connectivity index (χ1v) is 9.16. The van der Waals surface area contributed by atoms with E-state index in [4.69, 9.17) is 0 Å². The second-order valence-electron chi connectivity index (χ2n) is 6.68. The lowest BCUT2D eigenvalue weighted by molar-refractivity contribution is 0.102. The topological polar surface area (TPSA) is 61.4 Å². The van der Waals surface area contributed by atoms with Crippen molar-refractivity contribution in [3.8, 4) is 0 Å². The Labute approximate surface area is 154 Å². The summed E-state index contributed by atoms with van der Waals surface area (Å²) in [6.45, 7) is 3.51. The number of benzene rings is 2. The van der Waals surface area contributed by atoms with Crippen LogP contribution in [0.15, 0.2) is 48.5 Å². The third-order valence-electron chi connectivity index (χ3n) is 4.67. The molecule has 3 rings (SSSR count). The van der Waals surface area contributed by atoms with E-state index < -0.39 is 0 Å². The fraction of sp³-hybridized carbons (Fsp3) is 0.333. The summed E-state index contributed by atoms with van der Waals surface area (Å²) in [6, 6.07) is 14.6. The minimum absolute atomic E-state index is 0.0874. The van der Waals surface area contributed by atoms with E-state index in [2.05, 4.69) is 10.6 Å². The van der Waals surface area contributed by atoms with Gasteiger partial charge in [-0.25, -0.2) is 4.79 Å². The first kappa shape index (κ1) is 18.0. The summed E-state index contributed by atoms with van der Waals surface area (Å²) in [5.74, 6) is -0.193. The maximum atomic E-state index is 12.6. The van der Waals surface area contributed by atoms with Crippen LogP contribution in [0.25, 0.3) is 0 Å². The Morgan fingerprint density at radius 3 is 2.27 bits per heavy atom. The highest BCUT2D eigenvalue weighted by molar-refractivity contribution is 6.05. The normalized spacial score (nSPS) is 14.4. The van der Waals surface area contributed by atoms with Crippen LogP contribution >= 0.6 is 0 Å². The number of amides is 3. The van der Waals surface area contributed by atoms with Crippen molar-refractivity contribution in [2.75, 3.05) is 23.7 Å². The minimum Gasteiger partial charge on any atom is -0.325 e. The molecule has 0 aliphatic carbocycles. The number of hydrogen-bond acceptors (Lipinski definition) is 2. The standard InChI is InChI=1S/C21H25N3O2/c1-16-11-12-17(20(25)22-18-9-5-4-6-10-18)15-19(16)23-21(26)24-13-7-2-3-8-14-24/h4-6,9-12,15H,2-3,7-8,13-14H2,1H3,(H,22,25)(H,23,26). The molecule has 5 nitrogen and oxygen atoms in total. The molecular formula is C21H25N3O2. The number of nitrogens with one attached hydrogen (secondary N) is 2. The first-order chi connectivity index (χ1) is 12.6. The van der Waals surface area contributed by atoms with Gasteiger partial charge in [0.15, 0.2) is 0 Å². The average Bonchev–Trinajstić information content (AvgIpc) is 2.94. The highest BCUT2D eigenvalue weighted by Crippen LogP contribution is 2.20. The molecule has 2 aromatic carbocycles. The largest absolute Gasteiger partial charge is 0.325 e. The van der Waals surface area contributed by atoms with Gasteiger partial charge in [0.25, 0.3) is 5.91 Å². The fourth-order valence-electron chi connectivity index (χ4n) is 3.09. The molecule has 1 heterocycles. The van der Waals surface area contributed by atoms with Crippen molar-refractivity contribution in [3.63, 3.8) is 0 Å². The number of rotatable bonds is 3. The van der Waals surface area contributed by atoms with E-state index in [-0.39, 0.29) is 11.9 Å². The lowest BCUT2D eigenvalue weighted by Gasteiger charge is -2.21. The molecule has 0 saturated carbocycles. The Bertz CT molecular complexity index is 766. The molecule has 26 heavy (non-hydrogen) atoms. The van der Waals surface area contributed by atoms with Gasteiger partial charge in [0.05, 0.1) is 0 Å². The SMILES string of the molecule is Cc1ccc(C(=O)Nc2ccccc2)cc1NC(=O)N1CCCCCC1. The molecule has 2 aromatic rings. The predicted molar refractivity (Wildman–Crippen MR) is 105 cm³/mol. The van der Waals surface area contributed by atoms with Gasteiger partial charge in [-0.05, 0) is 49.6 Å². The highest BCUT2D eigenvalue weighted by atomic mass is 16.2. The zero-order valence-electron chi connectivity index (χ0n) is 15.1. The Hall–Kier alpha value is -2.82. The zero-order valence-corrected chi connectivity index (χ0v) is 15.1. The Kier molecular flexibility index (Phi) is 5.89. The molecule has 136 valence electrons. The van der Waals surface area contributed by atoms with E-state index in [1.165, 1.54) is 12.8 Å². The van der Waals surface area contributed by atoms with Crippen molar-refractivity contribution in [2.45, 2.75) is 32.6 Å². The molecule has 0 aromatic heterocycles. The molecule has 3 amide bonds. The summed E-state index contributed by atoms with van der Waals surface area (Å²) in [4.78, 5) is 26.9. The zero-order chi connectivity index (χ0) is 18.4. The summed E-state index contributed by atoms with van der Waals surface area (Å²) in [5.41, 5.74) is 2.88. The highest BCUT2D eigenvalue weighted by Gasteiger charge is 2.17. The first-order valence-electron chi connectivity index (χ1n) is 9.16. The lowest BCUT2D eigenvalue weighted by Crippen LogP contribution is -2.35. The number of urea groups is 1. The molecule has 1 aliphatic heterocycles. The third-order valence-corrected chi connectivity index (χ3v) is 4.67. The summed E-state index contributed by atoms with van der Waals surface area (Å²) < 4.78 is 0. The molecule has 0 spiro atoms. The van der Waals surface area contributed by atoms with Crippen LogP contribution in [0, 0.1) is 6.92 Å². The Morgan fingerprint density at radius 1 is 0.885 bits per heavy atom. The molecule has 0 bridgehead atoms. The van der Waals surface area contributed by atoms with Gasteiger partial charge in [0.2, 0.25) is 0 Å². The van der Waals surface area contributed by atoms with Gasteiger partial charge < -0.3 is 15.5 Å². The summed E-state index contributed by atoms with van der Waals surface area (Å²) in [5, 5.41) is 5.84. The van der Waals surface area contributed by atoms with E-state index >= 15 is 0 Å². The van der Waals surface area contributed by atoms with Gasteiger partial charge in [0, 0.05) is 30.0 Å². The number of likely N-dealkylation sites (tertiary alicyclic amines) is 1. The van der Waals surface area contributed by atoms with Gasteiger partial charge in [-0.2, -0.15) is 0 Å². The van der Waals surface area contributed by atoms with Crippen LogP contribution in [0.5, 0.6) is 0 Å². The van der Waals surface area contributed by atoms with E-state index in [1.54, 1.807) is 12.1 Å². The second-order valence-corrected chi connectivity index (χ2v) is 6.68. The van der Waals surface area contributed by atoms with Gasteiger partial charge in [-0.3, -0.25) is 4.79 Å². The van der Waals surface area contributed by atoms with Crippen molar-refractivity contribution in [3.05, 3.63) is 59.7 Å². The van der Waals surface area contributed by atoms with Crippen molar-refractivity contribution in [1.82, 2.24) is 4.90 Å².